The minimum atomic E-state index is -4.53. The number of hydrogen-bond acceptors (Lipinski definition) is 3. The Morgan fingerprint density at radius 1 is 1.37 bits per heavy atom. The van der Waals surface area contributed by atoms with E-state index in [0.717, 1.165) is 4.90 Å². The van der Waals surface area contributed by atoms with Crippen molar-refractivity contribution >= 4 is 11.8 Å². The first-order valence-corrected chi connectivity index (χ1v) is 5.70. The number of hydrogen-bond donors (Lipinski definition) is 0. The van der Waals surface area contributed by atoms with Crippen molar-refractivity contribution in [2.24, 2.45) is 0 Å². The predicted octanol–water partition coefficient (Wildman–Crippen LogP) is 2.97. The average Bonchev–Trinajstić information content (AvgIpc) is 2.57. The first kappa shape index (κ1) is 13.5. The molecule has 0 atom stereocenters. The summed E-state index contributed by atoms with van der Waals surface area (Å²) in [6, 6.07) is 6.67. The Morgan fingerprint density at radius 3 is 2.84 bits per heavy atom. The van der Waals surface area contributed by atoms with Crippen molar-refractivity contribution in [2.45, 2.75) is 12.6 Å². The maximum absolute atomic E-state index is 12.0. The number of halogens is 3. The number of para-hydroxylation sites is 2. The van der Waals surface area contributed by atoms with E-state index in [-0.39, 0.29) is 6.54 Å². The third kappa shape index (κ3) is 3.52. The summed E-state index contributed by atoms with van der Waals surface area (Å²) in [7, 11) is 0. The molecule has 1 aliphatic heterocycles. The number of benzene rings is 1. The Balaban J connectivity index is 2.13. The second-order valence-corrected chi connectivity index (χ2v) is 3.99. The minimum absolute atomic E-state index is 0.258. The van der Waals surface area contributed by atoms with Crippen LogP contribution in [0.3, 0.4) is 0 Å². The molecule has 4 nitrogen and oxygen atoms in total. The lowest BCUT2D eigenvalue weighted by molar-refractivity contribution is -0.159. The summed E-state index contributed by atoms with van der Waals surface area (Å²) < 4.78 is 45.8. The maximum atomic E-state index is 12.0. The zero-order valence-electron chi connectivity index (χ0n) is 9.94. The van der Waals surface area contributed by atoms with Crippen LogP contribution in [-0.4, -0.2) is 32.0 Å². The van der Waals surface area contributed by atoms with E-state index in [9.17, 15) is 18.0 Å². The van der Waals surface area contributed by atoms with E-state index in [1.807, 2.05) is 0 Å². The highest BCUT2D eigenvalue weighted by atomic mass is 19.4. The summed E-state index contributed by atoms with van der Waals surface area (Å²) in [6.07, 6.45) is -5.02. The topological polar surface area (TPSA) is 38.8 Å². The lowest BCUT2D eigenvalue weighted by atomic mass is 10.2. The van der Waals surface area contributed by atoms with Crippen molar-refractivity contribution < 1.29 is 27.4 Å². The fourth-order valence-corrected chi connectivity index (χ4v) is 1.74. The number of alkyl halides is 3. The molecule has 1 amide bonds. The standard InChI is InChI=1S/C12H12F3NO3/c13-12(14,15)8-19-11(17)16-6-3-7-18-10-5-2-1-4-9(10)16/h1-2,4-5H,3,6-8H2. The van der Waals surface area contributed by atoms with E-state index >= 15 is 0 Å². The van der Waals surface area contributed by atoms with Crippen LogP contribution in [0, 0.1) is 0 Å². The van der Waals surface area contributed by atoms with Gasteiger partial charge in [-0.1, -0.05) is 12.1 Å². The van der Waals surface area contributed by atoms with Crippen LogP contribution < -0.4 is 9.64 Å². The van der Waals surface area contributed by atoms with Gasteiger partial charge in [0.05, 0.1) is 12.3 Å². The Labute approximate surface area is 107 Å². The molecule has 1 aliphatic rings. The van der Waals surface area contributed by atoms with Crippen molar-refractivity contribution in [3.63, 3.8) is 0 Å². The number of amides is 1. The number of fused-ring (bicyclic) bond motifs is 1. The summed E-state index contributed by atoms with van der Waals surface area (Å²) in [5.74, 6) is 0.462. The van der Waals surface area contributed by atoms with Crippen molar-refractivity contribution in [1.29, 1.82) is 0 Å². The quantitative estimate of drug-likeness (QED) is 0.791. The molecule has 1 heterocycles. The molecule has 1 aromatic carbocycles. The van der Waals surface area contributed by atoms with Crippen molar-refractivity contribution in [1.82, 2.24) is 0 Å². The second kappa shape index (κ2) is 5.38. The van der Waals surface area contributed by atoms with E-state index in [1.54, 1.807) is 24.3 Å². The molecule has 0 fully saturated rings. The highest BCUT2D eigenvalue weighted by molar-refractivity contribution is 5.89. The van der Waals surface area contributed by atoms with Gasteiger partial charge in [-0.25, -0.2) is 4.79 Å². The smallest absolute Gasteiger partial charge is 0.422 e. The van der Waals surface area contributed by atoms with Gasteiger partial charge in [-0.3, -0.25) is 4.90 Å². The zero-order valence-corrected chi connectivity index (χ0v) is 9.94. The molecular formula is C12H12F3NO3. The third-order valence-electron chi connectivity index (χ3n) is 2.52. The van der Waals surface area contributed by atoms with Gasteiger partial charge in [0.1, 0.15) is 5.75 Å². The molecule has 0 spiro atoms. The van der Waals surface area contributed by atoms with Crippen LogP contribution in [0.4, 0.5) is 23.7 Å². The van der Waals surface area contributed by atoms with Gasteiger partial charge in [0.15, 0.2) is 6.61 Å². The van der Waals surface area contributed by atoms with Crippen LogP contribution in [0.25, 0.3) is 0 Å². The molecule has 0 saturated heterocycles. The summed E-state index contributed by atoms with van der Waals surface area (Å²) in [6.45, 7) is -0.931. The van der Waals surface area contributed by atoms with Gasteiger partial charge in [-0.15, -0.1) is 0 Å². The van der Waals surface area contributed by atoms with Gasteiger partial charge >= 0.3 is 12.3 Å². The molecule has 7 heteroatoms. The first-order valence-electron chi connectivity index (χ1n) is 5.70. The molecule has 2 rings (SSSR count). The van der Waals surface area contributed by atoms with Crippen molar-refractivity contribution in [2.75, 3.05) is 24.7 Å². The molecule has 104 valence electrons. The first-order chi connectivity index (χ1) is 8.97. The monoisotopic (exact) mass is 275 g/mol. The fourth-order valence-electron chi connectivity index (χ4n) is 1.74. The van der Waals surface area contributed by atoms with Crippen LogP contribution >= 0.6 is 0 Å². The van der Waals surface area contributed by atoms with Crippen LogP contribution in [0.2, 0.25) is 0 Å². The number of ether oxygens (including phenoxy) is 2. The summed E-state index contributed by atoms with van der Waals surface area (Å²) in [5, 5.41) is 0. The number of rotatable bonds is 1. The van der Waals surface area contributed by atoms with Crippen LogP contribution in [-0.2, 0) is 4.74 Å². The molecule has 1 aromatic rings. The lowest BCUT2D eigenvalue weighted by Crippen LogP contribution is -2.34. The second-order valence-electron chi connectivity index (χ2n) is 3.99. The molecule has 0 radical (unpaired) electrons. The number of nitrogens with zero attached hydrogens (tertiary/aromatic N) is 1. The maximum Gasteiger partial charge on any atom is 0.422 e. The van der Waals surface area contributed by atoms with E-state index in [4.69, 9.17) is 4.74 Å². The number of carbonyl (C=O) groups is 1. The van der Waals surface area contributed by atoms with Crippen molar-refractivity contribution in [3.8, 4) is 5.75 Å². The van der Waals surface area contributed by atoms with Gasteiger partial charge in [0.25, 0.3) is 0 Å². The zero-order chi connectivity index (χ0) is 13.9. The molecule has 0 saturated carbocycles. The third-order valence-corrected chi connectivity index (χ3v) is 2.52. The van der Waals surface area contributed by atoms with E-state index in [0.29, 0.717) is 24.5 Å². The predicted molar refractivity (Wildman–Crippen MR) is 61.3 cm³/mol. The Hall–Kier alpha value is -1.92. The molecule has 0 unspecified atom stereocenters. The van der Waals surface area contributed by atoms with Gasteiger partial charge in [-0.2, -0.15) is 13.2 Å². The summed E-state index contributed by atoms with van der Waals surface area (Å²) >= 11 is 0. The fraction of sp³-hybridized carbons (Fsp3) is 0.417. The van der Waals surface area contributed by atoms with Crippen LogP contribution in [0.1, 0.15) is 6.42 Å². The normalized spacial score (nSPS) is 15.2. The van der Waals surface area contributed by atoms with Gasteiger partial charge in [0, 0.05) is 6.54 Å². The number of anilines is 1. The van der Waals surface area contributed by atoms with Crippen LogP contribution in [0.5, 0.6) is 5.75 Å². The summed E-state index contributed by atoms with van der Waals surface area (Å²) in [4.78, 5) is 12.9. The molecule has 0 N–H and O–H groups in total. The average molecular weight is 275 g/mol. The summed E-state index contributed by atoms with van der Waals surface area (Å²) in [5.41, 5.74) is 0.423. The van der Waals surface area contributed by atoms with Crippen LogP contribution in [0.15, 0.2) is 24.3 Å². The Bertz CT molecular complexity index is 462. The van der Waals surface area contributed by atoms with Gasteiger partial charge < -0.3 is 9.47 Å². The SMILES string of the molecule is O=C(OCC(F)(F)F)N1CCCOc2ccccc21. The van der Waals surface area contributed by atoms with Gasteiger partial charge in [-0.05, 0) is 18.6 Å². The Kier molecular flexibility index (Phi) is 3.82. The lowest BCUT2D eigenvalue weighted by Gasteiger charge is -2.21. The highest BCUT2D eigenvalue weighted by Crippen LogP contribution is 2.31. The molecule has 19 heavy (non-hydrogen) atoms. The molecule has 0 aliphatic carbocycles. The van der Waals surface area contributed by atoms with E-state index in [1.165, 1.54) is 0 Å². The Morgan fingerprint density at radius 2 is 2.11 bits per heavy atom. The minimum Gasteiger partial charge on any atom is -0.491 e. The molecule has 0 aromatic heterocycles. The largest absolute Gasteiger partial charge is 0.491 e. The number of carbonyl (C=O) groups excluding carboxylic acids is 1. The van der Waals surface area contributed by atoms with Crippen molar-refractivity contribution in [3.05, 3.63) is 24.3 Å². The molecular weight excluding hydrogens is 263 g/mol. The van der Waals surface area contributed by atoms with E-state index in [2.05, 4.69) is 4.74 Å². The van der Waals surface area contributed by atoms with Gasteiger partial charge in [0.2, 0.25) is 0 Å². The van der Waals surface area contributed by atoms with E-state index < -0.39 is 18.9 Å². The highest BCUT2D eigenvalue weighted by Gasteiger charge is 2.32. The molecule has 0 bridgehead atoms.